The first-order valence-corrected chi connectivity index (χ1v) is 11.5. The van der Waals surface area contributed by atoms with Gasteiger partial charge in [0.05, 0.1) is 18.7 Å². The van der Waals surface area contributed by atoms with Crippen molar-refractivity contribution in [2.75, 3.05) is 20.3 Å². The molecule has 3 rings (SSSR count). The van der Waals surface area contributed by atoms with Crippen LogP contribution in [0.5, 0.6) is 5.75 Å². The number of rotatable bonds is 12. The summed E-state index contributed by atoms with van der Waals surface area (Å²) in [4.78, 5) is 31.3. The number of methoxy groups -OCH3 is 1. The van der Waals surface area contributed by atoms with Gasteiger partial charge >= 0.3 is 0 Å². The molecular weight excluding hydrogens is 428 g/mol. The highest BCUT2D eigenvalue weighted by Gasteiger charge is 2.12. The number of amides is 1. The summed E-state index contributed by atoms with van der Waals surface area (Å²) in [5.74, 6) is 0.772. The number of carbonyl (C=O) groups excluding carboxylic acids is 1. The third-order valence-corrected chi connectivity index (χ3v) is 5.64. The van der Waals surface area contributed by atoms with Crippen LogP contribution in [0.15, 0.2) is 23.0 Å². The summed E-state index contributed by atoms with van der Waals surface area (Å²) < 4.78 is 12.7. The Hall–Kier alpha value is -2.65. The SMILES string of the molecule is COc1ccc2[nH]c3c(=O)n(CCCCCC(=O)NCCCOC(C)C)c(=S)[nH]c3c2c1. The van der Waals surface area contributed by atoms with Crippen molar-refractivity contribution >= 4 is 40.1 Å². The molecule has 1 aromatic carbocycles. The van der Waals surface area contributed by atoms with Crippen LogP contribution in [-0.2, 0) is 16.1 Å². The number of ether oxygens (including phenoxy) is 2. The van der Waals surface area contributed by atoms with E-state index in [0.29, 0.717) is 41.9 Å². The van der Waals surface area contributed by atoms with Gasteiger partial charge in [0, 0.05) is 37.0 Å². The molecule has 0 bridgehead atoms. The van der Waals surface area contributed by atoms with Gasteiger partial charge in [-0.3, -0.25) is 14.2 Å². The van der Waals surface area contributed by atoms with Crippen LogP contribution < -0.4 is 15.6 Å². The molecule has 8 nitrogen and oxygen atoms in total. The van der Waals surface area contributed by atoms with Crippen molar-refractivity contribution < 1.29 is 14.3 Å². The molecule has 3 N–H and O–H groups in total. The van der Waals surface area contributed by atoms with Crippen LogP contribution in [0.4, 0.5) is 0 Å². The average molecular weight is 461 g/mol. The minimum Gasteiger partial charge on any atom is -0.497 e. The second kappa shape index (κ2) is 11.3. The first kappa shape index (κ1) is 24.0. The van der Waals surface area contributed by atoms with Crippen LogP contribution in [0.3, 0.4) is 0 Å². The third-order valence-electron chi connectivity index (χ3n) is 5.32. The molecule has 9 heteroatoms. The molecule has 174 valence electrons. The van der Waals surface area contributed by atoms with E-state index in [9.17, 15) is 9.59 Å². The minimum absolute atomic E-state index is 0.0546. The molecule has 3 aromatic rings. The average Bonchev–Trinajstić information content (AvgIpc) is 3.12. The van der Waals surface area contributed by atoms with Crippen molar-refractivity contribution in [1.82, 2.24) is 19.9 Å². The fraction of sp³-hybridized carbons (Fsp3) is 0.522. The summed E-state index contributed by atoms with van der Waals surface area (Å²) in [6.07, 6.45) is 3.89. The van der Waals surface area contributed by atoms with Gasteiger partial charge in [0.25, 0.3) is 5.56 Å². The molecule has 0 fully saturated rings. The van der Waals surface area contributed by atoms with Crippen molar-refractivity contribution in [1.29, 1.82) is 0 Å². The van der Waals surface area contributed by atoms with Crippen LogP contribution in [0.2, 0.25) is 0 Å². The summed E-state index contributed by atoms with van der Waals surface area (Å²) >= 11 is 5.45. The van der Waals surface area contributed by atoms with Crippen LogP contribution >= 0.6 is 12.2 Å². The molecule has 0 aliphatic carbocycles. The van der Waals surface area contributed by atoms with E-state index in [0.717, 1.165) is 42.3 Å². The first-order valence-electron chi connectivity index (χ1n) is 11.1. The monoisotopic (exact) mass is 460 g/mol. The molecule has 0 radical (unpaired) electrons. The van der Waals surface area contributed by atoms with Crippen molar-refractivity contribution in [3.63, 3.8) is 0 Å². The molecule has 2 aromatic heterocycles. The number of nitrogens with one attached hydrogen (secondary N) is 3. The molecule has 2 heterocycles. The Morgan fingerprint density at radius 3 is 2.72 bits per heavy atom. The van der Waals surface area contributed by atoms with Crippen LogP contribution in [0, 0.1) is 4.77 Å². The lowest BCUT2D eigenvalue weighted by Crippen LogP contribution is -2.25. The van der Waals surface area contributed by atoms with E-state index < -0.39 is 0 Å². The molecule has 32 heavy (non-hydrogen) atoms. The molecule has 0 saturated heterocycles. The van der Waals surface area contributed by atoms with Gasteiger partial charge in [-0.1, -0.05) is 6.42 Å². The maximum Gasteiger partial charge on any atom is 0.278 e. The number of aromatic nitrogens is 3. The lowest BCUT2D eigenvalue weighted by Gasteiger charge is -2.09. The normalized spacial score (nSPS) is 11.5. The van der Waals surface area contributed by atoms with Crippen molar-refractivity contribution in [2.24, 2.45) is 0 Å². The zero-order valence-electron chi connectivity index (χ0n) is 19.0. The highest BCUT2D eigenvalue weighted by molar-refractivity contribution is 7.71. The maximum atomic E-state index is 13.0. The molecule has 0 aliphatic rings. The Balaban J connectivity index is 1.51. The lowest BCUT2D eigenvalue weighted by molar-refractivity contribution is -0.121. The van der Waals surface area contributed by atoms with Gasteiger partial charge in [0.15, 0.2) is 4.77 Å². The predicted octanol–water partition coefficient (Wildman–Crippen LogP) is 4.04. The zero-order chi connectivity index (χ0) is 23.1. The fourth-order valence-corrected chi connectivity index (χ4v) is 3.91. The Labute approximate surface area is 192 Å². The van der Waals surface area contributed by atoms with Crippen LogP contribution in [-0.4, -0.2) is 46.8 Å². The Morgan fingerprint density at radius 1 is 1.16 bits per heavy atom. The van der Waals surface area contributed by atoms with Crippen molar-refractivity contribution in [3.05, 3.63) is 33.3 Å². The maximum absolute atomic E-state index is 13.0. The lowest BCUT2D eigenvalue weighted by atomic mass is 10.2. The number of benzene rings is 1. The van der Waals surface area contributed by atoms with Gasteiger partial charge in [-0.2, -0.15) is 0 Å². The first-order chi connectivity index (χ1) is 15.4. The number of unbranched alkanes of at least 4 members (excludes halogenated alkanes) is 2. The molecule has 0 spiro atoms. The molecule has 0 aliphatic heterocycles. The number of hydrogen-bond donors (Lipinski definition) is 3. The Morgan fingerprint density at radius 2 is 1.97 bits per heavy atom. The molecular formula is C23H32N4O4S. The number of fused-ring (bicyclic) bond motifs is 3. The quantitative estimate of drug-likeness (QED) is 0.280. The molecule has 1 amide bonds. The number of nitrogens with zero attached hydrogens (tertiary/aromatic N) is 1. The van der Waals surface area contributed by atoms with E-state index in [1.54, 1.807) is 11.7 Å². The summed E-state index contributed by atoms with van der Waals surface area (Å²) in [5, 5.41) is 3.79. The summed E-state index contributed by atoms with van der Waals surface area (Å²) in [6.45, 7) is 5.79. The van der Waals surface area contributed by atoms with Gasteiger partial charge in [-0.25, -0.2) is 0 Å². The minimum atomic E-state index is -0.139. The largest absolute Gasteiger partial charge is 0.497 e. The second-order valence-electron chi connectivity index (χ2n) is 8.11. The van der Waals surface area contributed by atoms with E-state index in [4.69, 9.17) is 21.7 Å². The topological polar surface area (TPSA) is 101 Å². The number of carbonyl (C=O) groups is 1. The van der Waals surface area contributed by atoms with E-state index >= 15 is 0 Å². The highest BCUT2D eigenvalue weighted by atomic mass is 32.1. The number of hydrogen-bond acceptors (Lipinski definition) is 5. The molecule has 0 unspecified atom stereocenters. The summed E-state index contributed by atoms with van der Waals surface area (Å²) in [5.41, 5.74) is 1.91. The highest BCUT2D eigenvalue weighted by Crippen LogP contribution is 2.25. The third kappa shape index (κ3) is 5.98. The molecule has 0 saturated carbocycles. The Bertz CT molecular complexity index is 1180. The molecule has 0 atom stereocenters. The van der Waals surface area contributed by atoms with E-state index in [-0.39, 0.29) is 17.6 Å². The van der Waals surface area contributed by atoms with E-state index in [1.165, 1.54) is 0 Å². The van der Waals surface area contributed by atoms with E-state index in [1.807, 2.05) is 32.0 Å². The second-order valence-corrected chi connectivity index (χ2v) is 8.49. The van der Waals surface area contributed by atoms with Gasteiger partial charge in [0.1, 0.15) is 11.3 Å². The van der Waals surface area contributed by atoms with Gasteiger partial charge in [0.2, 0.25) is 5.91 Å². The number of aromatic amines is 2. The van der Waals surface area contributed by atoms with Crippen molar-refractivity contribution in [2.45, 2.75) is 58.6 Å². The summed E-state index contributed by atoms with van der Waals surface area (Å²) in [6, 6.07) is 5.61. The van der Waals surface area contributed by atoms with Gasteiger partial charge in [-0.05, 0) is 63.5 Å². The van der Waals surface area contributed by atoms with E-state index in [2.05, 4.69) is 15.3 Å². The van der Waals surface area contributed by atoms with Gasteiger partial charge < -0.3 is 24.8 Å². The summed E-state index contributed by atoms with van der Waals surface area (Å²) in [7, 11) is 1.61. The zero-order valence-corrected chi connectivity index (χ0v) is 19.8. The van der Waals surface area contributed by atoms with Crippen LogP contribution in [0.25, 0.3) is 21.9 Å². The van der Waals surface area contributed by atoms with Crippen LogP contribution in [0.1, 0.15) is 46.0 Å². The number of H-pyrrole nitrogens is 2. The Kier molecular flexibility index (Phi) is 8.46. The smallest absolute Gasteiger partial charge is 0.278 e. The standard InChI is InChI=1S/C23H32N4O4S/c1-15(2)31-13-7-11-24-19(28)8-5-4-6-12-27-22(29)21-20(26-23(27)32)17-14-16(30-3)9-10-18(17)25-21/h9-10,14-15,25H,4-8,11-13H2,1-3H3,(H,24,28)(H,26,32). The van der Waals surface area contributed by atoms with Crippen molar-refractivity contribution in [3.8, 4) is 5.75 Å². The fourth-order valence-electron chi connectivity index (χ4n) is 3.63. The van der Waals surface area contributed by atoms with Gasteiger partial charge in [-0.15, -0.1) is 0 Å². The predicted molar refractivity (Wildman–Crippen MR) is 129 cm³/mol.